The molecule has 3 rings (SSSR count). The molecule has 1 fully saturated rings. The van der Waals surface area contributed by atoms with Crippen LogP contribution in [0.3, 0.4) is 0 Å². The van der Waals surface area contributed by atoms with Crippen molar-refractivity contribution >= 4 is 11.0 Å². The molecule has 1 aromatic heterocycles. The fourth-order valence-corrected chi connectivity index (χ4v) is 3.22. The van der Waals surface area contributed by atoms with Gasteiger partial charge in [-0.15, -0.1) is 0 Å². The number of aliphatic hydroxyl groups is 1. The van der Waals surface area contributed by atoms with E-state index in [-0.39, 0.29) is 11.8 Å². The molecule has 5 nitrogen and oxygen atoms in total. The number of ether oxygens (including phenoxy) is 2. The Morgan fingerprint density at radius 2 is 2.08 bits per heavy atom. The molecule has 0 saturated heterocycles. The van der Waals surface area contributed by atoms with E-state index in [9.17, 15) is 13.9 Å². The monoisotopic (exact) mass is 354 g/mol. The predicted molar refractivity (Wildman–Crippen MR) is 90.2 cm³/mol. The molecule has 1 aliphatic rings. The number of benzene rings is 1. The molecular formula is C18H24F2N2O3. The maximum absolute atomic E-state index is 12.9. The highest BCUT2D eigenvalue weighted by molar-refractivity contribution is 5.84. The van der Waals surface area contributed by atoms with Crippen molar-refractivity contribution < 1.29 is 23.4 Å². The van der Waals surface area contributed by atoms with Gasteiger partial charge in [-0.1, -0.05) is 13.8 Å². The largest absolute Gasteiger partial charge is 0.493 e. The van der Waals surface area contributed by atoms with Gasteiger partial charge in [-0.05, 0) is 32.1 Å². The Labute approximate surface area is 145 Å². The summed E-state index contributed by atoms with van der Waals surface area (Å²) < 4.78 is 37.9. The lowest BCUT2D eigenvalue weighted by atomic mass is 9.77. The van der Waals surface area contributed by atoms with Gasteiger partial charge in [-0.2, -0.15) is 8.78 Å². The zero-order valence-corrected chi connectivity index (χ0v) is 14.7. The first-order chi connectivity index (χ1) is 11.7. The van der Waals surface area contributed by atoms with Gasteiger partial charge in [0.1, 0.15) is 11.3 Å². The molecule has 1 aromatic carbocycles. The number of imidazole rings is 1. The normalized spacial score (nSPS) is 23.3. The molecule has 0 aliphatic heterocycles. The lowest BCUT2D eigenvalue weighted by molar-refractivity contribution is -0.0540. The maximum Gasteiger partial charge on any atom is 0.387 e. The Morgan fingerprint density at radius 1 is 1.36 bits per heavy atom. The molecule has 2 aromatic rings. The first kappa shape index (κ1) is 17.9. The van der Waals surface area contributed by atoms with Crippen LogP contribution in [0, 0.1) is 5.92 Å². The van der Waals surface area contributed by atoms with E-state index in [0.29, 0.717) is 42.1 Å². The zero-order valence-electron chi connectivity index (χ0n) is 14.7. The van der Waals surface area contributed by atoms with E-state index >= 15 is 0 Å². The molecule has 138 valence electrons. The Hall–Kier alpha value is -1.89. The molecule has 0 atom stereocenters. The summed E-state index contributed by atoms with van der Waals surface area (Å²) in [5.74, 6) is 1.01. The van der Waals surface area contributed by atoms with Gasteiger partial charge in [0.2, 0.25) is 0 Å². The van der Waals surface area contributed by atoms with Gasteiger partial charge in [0.15, 0.2) is 5.75 Å². The molecule has 1 saturated carbocycles. The van der Waals surface area contributed by atoms with E-state index in [1.165, 1.54) is 6.07 Å². The van der Waals surface area contributed by atoms with E-state index < -0.39 is 12.2 Å². The minimum absolute atomic E-state index is 0.0210. The zero-order chi connectivity index (χ0) is 18.2. The van der Waals surface area contributed by atoms with Gasteiger partial charge in [-0.25, -0.2) is 4.98 Å². The fourth-order valence-electron chi connectivity index (χ4n) is 3.22. The Kier molecular flexibility index (Phi) is 4.86. The van der Waals surface area contributed by atoms with E-state index in [1.54, 1.807) is 19.3 Å². The summed E-state index contributed by atoms with van der Waals surface area (Å²) in [7, 11) is 0. The topological polar surface area (TPSA) is 56.5 Å². The average Bonchev–Trinajstić information content (AvgIpc) is 2.87. The van der Waals surface area contributed by atoms with Crippen molar-refractivity contribution in [2.75, 3.05) is 6.61 Å². The molecule has 1 heterocycles. The first-order valence-corrected chi connectivity index (χ1v) is 8.56. The third-order valence-corrected chi connectivity index (χ3v) is 4.53. The number of hydrogen-bond acceptors (Lipinski definition) is 4. The van der Waals surface area contributed by atoms with Crippen molar-refractivity contribution in [3.63, 3.8) is 0 Å². The maximum atomic E-state index is 12.9. The van der Waals surface area contributed by atoms with E-state index in [4.69, 9.17) is 9.47 Å². The molecule has 25 heavy (non-hydrogen) atoms. The Morgan fingerprint density at radius 3 is 2.68 bits per heavy atom. The second kappa shape index (κ2) is 6.78. The van der Waals surface area contributed by atoms with Crippen LogP contribution in [0.1, 0.15) is 46.1 Å². The summed E-state index contributed by atoms with van der Waals surface area (Å²) in [5.41, 5.74) is 0.339. The number of hydrogen-bond donors (Lipinski definition) is 1. The lowest BCUT2D eigenvalue weighted by Crippen LogP contribution is -2.41. The van der Waals surface area contributed by atoms with Gasteiger partial charge in [0.05, 0.1) is 24.1 Å². The van der Waals surface area contributed by atoms with Crippen molar-refractivity contribution in [1.82, 2.24) is 9.55 Å². The van der Waals surface area contributed by atoms with E-state index in [2.05, 4.69) is 18.8 Å². The highest BCUT2D eigenvalue weighted by Crippen LogP contribution is 2.44. The van der Waals surface area contributed by atoms with Crippen LogP contribution in [0.4, 0.5) is 8.78 Å². The fraction of sp³-hybridized carbons (Fsp3) is 0.611. The standard InChI is InChI=1S/C18H24F2N2O3/c1-11(2)4-5-24-13-6-14-16(15(7-13)25-17(19)20)22(10-21-14)12-8-18(3,23)9-12/h6-7,10-12,17,23H,4-5,8-9H2,1-3H3/t12-,18+. The lowest BCUT2D eigenvalue weighted by Gasteiger charge is -2.41. The first-order valence-electron chi connectivity index (χ1n) is 8.56. The van der Waals surface area contributed by atoms with E-state index in [1.807, 2.05) is 4.57 Å². The van der Waals surface area contributed by atoms with Gasteiger partial charge in [0.25, 0.3) is 0 Å². The number of aromatic nitrogens is 2. The molecule has 0 unspecified atom stereocenters. The summed E-state index contributed by atoms with van der Waals surface area (Å²) in [6.45, 7) is 3.52. The second-order valence-corrected chi connectivity index (χ2v) is 7.41. The number of alkyl halides is 2. The highest BCUT2D eigenvalue weighted by Gasteiger charge is 2.40. The molecule has 1 N–H and O–H groups in total. The van der Waals surface area contributed by atoms with Crippen LogP contribution in [0.2, 0.25) is 0 Å². The van der Waals surface area contributed by atoms with Crippen molar-refractivity contribution in [1.29, 1.82) is 0 Å². The summed E-state index contributed by atoms with van der Waals surface area (Å²) in [6.07, 6.45) is 3.59. The van der Waals surface area contributed by atoms with Crippen molar-refractivity contribution in [3.8, 4) is 11.5 Å². The van der Waals surface area contributed by atoms with Crippen LogP contribution in [0.15, 0.2) is 18.5 Å². The van der Waals surface area contributed by atoms with Crippen LogP contribution in [-0.4, -0.2) is 33.5 Å². The van der Waals surface area contributed by atoms with Crippen molar-refractivity contribution in [2.45, 2.75) is 58.3 Å². The van der Waals surface area contributed by atoms with Gasteiger partial charge >= 0.3 is 6.61 Å². The minimum Gasteiger partial charge on any atom is -0.493 e. The average molecular weight is 354 g/mol. The van der Waals surface area contributed by atoms with Gasteiger partial charge in [-0.3, -0.25) is 0 Å². The third-order valence-electron chi connectivity index (χ3n) is 4.53. The van der Waals surface area contributed by atoms with Crippen LogP contribution < -0.4 is 9.47 Å². The minimum atomic E-state index is -2.93. The molecule has 7 heteroatoms. The molecule has 0 bridgehead atoms. The molecule has 1 aliphatic carbocycles. The molecular weight excluding hydrogens is 330 g/mol. The number of nitrogens with zero attached hydrogens (tertiary/aromatic N) is 2. The number of fused-ring (bicyclic) bond motifs is 1. The smallest absolute Gasteiger partial charge is 0.387 e. The summed E-state index contributed by atoms with van der Waals surface area (Å²) in [4.78, 5) is 4.32. The summed E-state index contributed by atoms with van der Waals surface area (Å²) >= 11 is 0. The van der Waals surface area contributed by atoms with Gasteiger partial charge < -0.3 is 19.1 Å². The molecule has 0 amide bonds. The predicted octanol–water partition coefficient (Wildman–Crippen LogP) is 4.15. The highest BCUT2D eigenvalue weighted by atomic mass is 19.3. The summed E-state index contributed by atoms with van der Waals surface area (Å²) in [6, 6.07) is 3.25. The summed E-state index contributed by atoms with van der Waals surface area (Å²) in [5, 5.41) is 9.95. The van der Waals surface area contributed by atoms with Crippen LogP contribution in [-0.2, 0) is 0 Å². The van der Waals surface area contributed by atoms with Crippen molar-refractivity contribution in [2.24, 2.45) is 5.92 Å². The Balaban J connectivity index is 1.90. The SMILES string of the molecule is CC(C)CCOc1cc(OC(F)F)c2c(c1)ncn2[C@H]1C[C@@](C)(O)C1. The van der Waals surface area contributed by atoms with Crippen LogP contribution in [0.25, 0.3) is 11.0 Å². The second-order valence-electron chi connectivity index (χ2n) is 7.41. The van der Waals surface area contributed by atoms with Gasteiger partial charge in [0, 0.05) is 18.2 Å². The van der Waals surface area contributed by atoms with Crippen LogP contribution >= 0.6 is 0 Å². The number of rotatable bonds is 7. The quantitative estimate of drug-likeness (QED) is 0.812. The number of halogens is 2. The Bertz CT molecular complexity index is 735. The third kappa shape index (κ3) is 4.03. The molecule has 0 spiro atoms. The van der Waals surface area contributed by atoms with E-state index in [0.717, 1.165) is 6.42 Å². The van der Waals surface area contributed by atoms with Crippen LogP contribution in [0.5, 0.6) is 11.5 Å². The molecule has 0 radical (unpaired) electrons. The van der Waals surface area contributed by atoms with Crippen molar-refractivity contribution in [3.05, 3.63) is 18.5 Å².